The summed E-state index contributed by atoms with van der Waals surface area (Å²) in [5.41, 5.74) is 0. The predicted molar refractivity (Wildman–Crippen MR) is 78.2 cm³/mol. The number of nitrogens with one attached hydrogen (secondary N) is 1. The first-order valence-electron chi connectivity index (χ1n) is 7.75. The quantitative estimate of drug-likeness (QED) is 0.825. The molecule has 0 aromatic rings. The van der Waals surface area contributed by atoms with E-state index in [1.165, 1.54) is 12.8 Å². The molecule has 114 valence electrons. The lowest BCUT2D eigenvalue weighted by atomic mass is 9.93. The summed E-state index contributed by atoms with van der Waals surface area (Å²) in [5.74, 6) is 1.62. The third-order valence-electron chi connectivity index (χ3n) is 4.59. The Hall–Kier alpha value is -1.10. The third kappa shape index (κ3) is 4.47. The minimum Gasteiger partial charge on any atom is -0.356 e. The van der Waals surface area contributed by atoms with Crippen molar-refractivity contribution in [2.24, 2.45) is 11.8 Å². The Morgan fingerprint density at radius 2 is 1.95 bits per heavy atom. The summed E-state index contributed by atoms with van der Waals surface area (Å²) in [6.45, 7) is 6.67. The highest BCUT2D eigenvalue weighted by Crippen LogP contribution is 2.21. The van der Waals surface area contributed by atoms with Crippen LogP contribution in [0.25, 0.3) is 0 Å². The highest BCUT2D eigenvalue weighted by atomic mass is 16.2. The van der Waals surface area contributed by atoms with Gasteiger partial charge in [-0.05, 0) is 44.2 Å². The van der Waals surface area contributed by atoms with E-state index in [2.05, 4.69) is 10.2 Å². The lowest BCUT2D eigenvalue weighted by molar-refractivity contribution is -0.133. The van der Waals surface area contributed by atoms with E-state index in [0.717, 1.165) is 39.1 Å². The van der Waals surface area contributed by atoms with Gasteiger partial charge in [-0.2, -0.15) is 0 Å². The Kier molecular flexibility index (Phi) is 5.40. The average Bonchev–Trinajstić information content (AvgIpc) is 2.42. The topological polar surface area (TPSA) is 52.7 Å². The van der Waals surface area contributed by atoms with Gasteiger partial charge in [-0.3, -0.25) is 9.59 Å². The molecular formula is C15H27N3O2. The lowest BCUT2D eigenvalue weighted by Gasteiger charge is -2.37. The maximum absolute atomic E-state index is 11.5. The second-order valence-corrected chi connectivity index (χ2v) is 6.36. The first kappa shape index (κ1) is 15.3. The minimum absolute atomic E-state index is 0.0716. The number of likely N-dealkylation sites (tertiary alicyclic amines) is 2. The van der Waals surface area contributed by atoms with Gasteiger partial charge >= 0.3 is 0 Å². The highest BCUT2D eigenvalue weighted by Gasteiger charge is 2.26. The summed E-state index contributed by atoms with van der Waals surface area (Å²) >= 11 is 0. The van der Waals surface area contributed by atoms with E-state index in [1.807, 2.05) is 11.9 Å². The molecule has 2 amide bonds. The van der Waals surface area contributed by atoms with Gasteiger partial charge < -0.3 is 15.1 Å². The molecule has 0 radical (unpaired) electrons. The average molecular weight is 281 g/mol. The van der Waals surface area contributed by atoms with E-state index in [0.29, 0.717) is 18.3 Å². The van der Waals surface area contributed by atoms with Crippen LogP contribution < -0.4 is 5.32 Å². The van der Waals surface area contributed by atoms with Crippen molar-refractivity contribution in [3.63, 3.8) is 0 Å². The number of nitrogens with zero attached hydrogens (tertiary/aromatic N) is 2. The number of rotatable bonds is 4. The summed E-state index contributed by atoms with van der Waals surface area (Å²) < 4.78 is 0. The molecule has 2 saturated heterocycles. The fourth-order valence-electron chi connectivity index (χ4n) is 3.27. The Bertz CT molecular complexity index is 351. The van der Waals surface area contributed by atoms with Crippen LogP contribution in [0.4, 0.5) is 0 Å². The van der Waals surface area contributed by atoms with Gasteiger partial charge in [0.1, 0.15) is 0 Å². The van der Waals surface area contributed by atoms with Crippen molar-refractivity contribution in [1.82, 2.24) is 15.1 Å². The molecule has 0 aromatic heterocycles. The number of carbonyl (C=O) groups excluding carboxylic acids is 2. The molecule has 20 heavy (non-hydrogen) atoms. The molecule has 2 aliphatic rings. The third-order valence-corrected chi connectivity index (χ3v) is 4.59. The van der Waals surface area contributed by atoms with Crippen molar-refractivity contribution in [3.8, 4) is 0 Å². The summed E-state index contributed by atoms with van der Waals surface area (Å²) in [6, 6.07) is 0. The van der Waals surface area contributed by atoms with E-state index >= 15 is 0 Å². The smallest absolute Gasteiger partial charge is 0.222 e. The highest BCUT2D eigenvalue weighted by molar-refractivity contribution is 5.76. The molecule has 0 spiro atoms. The number of carbonyl (C=O) groups is 2. The van der Waals surface area contributed by atoms with Crippen molar-refractivity contribution in [3.05, 3.63) is 0 Å². The van der Waals surface area contributed by atoms with E-state index in [-0.39, 0.29) is 11.8 Å². The second-order valence-electron chi connectivity index (χ2n) is 6.36. The van der Waals surface area contributed by atoms with Crippen LogP contribution in [0.3, 0.4) is 0 Å². The van der Waals surface area contributed by atoms with Gasteiger partial charge in [0.15, 0.2) is 0 Å². The number of hydrogen-bond donors (Lipinski definition) is 1. The summed E-state index contributed by atoms with van der Waals surface area (Å²) in [4.78, 5) is 26.8. The molecule has 5 heteroatoms. The Morgan fingerprint density at radius 1 is 1.25 bits per heavy atom. The van der Waals surface area contributed by atoms with Crippen LogP contribution in [0.1, 0.15) is 32.6 Å². The Labute approximate surface area is 121 Å². The van der Waals surface area contributed by atoms with Crippen LogP contribution >= 0.6 is 0 Å². The molecule has 1 atom stereocenters. The normalized spacial score (nSPS) is 25.8. The SMILES string of the molecule is CC(=O)NCC1CCN(CC2CCC(=O)N(C)C2)CC1. The van der Waals surface area contributed by atoms with Gasteiger partial charge in [0.25, 0.3) is 0 Å². The maximum Gasteiger partial charge on any atom is 0.222 e. The van der Waals surface area contributed by atoms with Crippen molar-refractivity contribution >= 4 is 11.8 Å². The summed E-state index contributed by atoms with van der Waals surface area (Å²) in [6.07, 6.45) is 4.08. The van der Waals surface area contributed by atoms with Crippen LogP contribution in [0.15, 0.2) is 0 Å². The summed E-state index contributed by atoms with van der Waals surface area (Å²) in [5, 5.41) is 2.92. The van der Waals surface area contributed by atoms with Crippen LogP contribution in [0, 0.1) is 11.8 Å². The first-order chi connectivity index (χ1) is 9.54. The van der Waals surface area contributed by atoms with Gasteiger partial charge in [-0.1, -0.05) is 0 Å². The molecule has 0 saturated carbocycles. The fourth-order valence-corrected chi connectivity index (χ4v) is 3.27. The van der Waals surface area contributed by atoms with Gasteiger partial charge in [0.05, 0.1) is 0 Å². The summed E-state index contributed by atoms with van der Waals surface area (Å²) in [7, 11) is 1.91. The molecule has 1 unspecified atom stereocenters. The molecule has 2 heterocycles. The first-order valence-corrected chi connectivity index (χ1v) is 7.75. The van der Waals surface area contributed by atoms with Crippen LogP contribution in [-0.2, 0) is 9.59 Å². The van der Waals surface area contributed by atoms with Crippen LogP contribution in [-0.4, -0.2) is 61.4 Å². The van der Waals surface area contributed by atoms with Gasteiger partial charge in [0, 0.05) is 40.0 Å². The van der Waals surface area contributed by atoms with Crippen LogP contribution in [0.2, 0.25) is 0 Å². The fraction of sp³-hybridized carbons (Fsp3) is 0.867. The van der Waals surface area contributed by atoms with Crippen molar-refractivity contribution in [1.29, 1.82) is 0 Å². The van der Waals surface area contributed by atoms with Gasteiger partial charge in [-0.15, -0.1) is 0 Å². The molecule has 2 aliphatic heterocycles. The van der Waals surface area contributed by atoms with E-state index < -0.39 is 0 Å². The molecule has 0 aromatic carbocycles. The molecule has 1 N–H and O–H groups in total. The second kappa shape index (κ2) is 7.07. The number of hydrogen-bond acceptors (Lipinski definition) is 3. The molecule has 0 aliphatic carbocycles. The molecule has 0 bridgehead atoms. The zero-order valence-electron chi connectivity index (χ0n) is 12.7. The lowest BCUT2D eigenvalue weighted by Crippen LogP contribution is -2.45. The number of amides is 2. The van der Waals surface area contributed by atoms with E-state index in [4.69, 9.17) is 0 Å². The maximum atomic E-state index is 11.5. The van der Waals surface area contributed by atoms with Crippen LogP contribution in [0.5, 0.6) is 0 Å². The van der Waals surface area contributed by atoms with Crippen molar-refractivity contribution < 1.29 is 9.59 Å². The largest absolute Gasteiger partial charge is 0.356 e. The van der Waals surface area contributed by atoms with E-state index in [1.54, 1.807) is 6.92 Å². The minimum atomic E-state index is 0.0716. The van der Waals surface area contributed by atoms with Gasteiger partial charge in [-0.25, -0.2) is 0 Å². The van der Waals surface area contributed by atoms with Crippen molar-refractivity contribution in [2.45, 2.75) is 32.6 Å². The molecular weight excluding hydrogens is 254 g/mol. The molecule has 2 fully saturated rings. The monoisotopic (exact) mass is 281 g/mol. The standard InChI is InChI=1S/C15H27N3O2/c1-12(19)16-9-13-5-7-18(8-6-13)11-14-3-4-15(20)17(2)10-14/h13-14H,3-11H2,1-2H3,(H,16,19). The van der Waals surface area contributed by atoms with E-state index in [9.17, 15) is 9.59 Å². The Balaban J connectivity index is 1.67. The predicted octanol–water partition coefficient (Wildman–Crippen LogP) is 0.703. The zero-order valence-corrected chi connectivity index (χ0v) is 12.7. The number of piperidine rings is 2. The Morgan fingerprint density at radius 3 is 2.55 bits per heavy atom. The molecule has 2 rings (SSSR count). The molecule has 5 nitrogen and oxygen atoms in total. The van der Waals surface area contributed by atoms with Gasteiger partial charge in [0.2, 0.25) is 11.8 Å². The zero-order chi connectivity index (χ0) is 14.5. The van der Waals surface area contributed by atoms with Crippen molar-refractivity contribution in [2.75, 3.05) is 39.8 Å².